The highest BCUT2D eigenvalue weighted by atomic mass is 16.2. The number of nitrogens with zero attached hydrogens (tertiary/aromatic N) is 2. The van der Waals surface area contributed by atoms with Gasteiger partial charge in [-0.15, -0.1) is 0 Å². The summed E-state index contributed by atoms with van der Waals surface area (Å²) in [5.41, 5.74) is 0. The normalized spacial score (nSPS) is 26.3. The zero-order chi connectivity index (χ0) is 13.7. The van der Waals surface area contributed by atoms with E-state index in [4.69, 9.17) is 0 Å². The van der Waals surface area contributed by atoms with Crippen LogP contribution in [0.2, 0.25) is 0 Å². The molecule has 110 valence electrons. The van der Waals surface area contributed by atoms with Crippen molar-refractivity contribution in [2.75, 3.05) is 32.8 Å². The molecule has 2 aliphatic heterocycles. The number of hydrogen-bond acceptors (Lipinski definition) is 3. The highest BCUT2D eigenvalue weighted by Crippen LogP contribution is 2.20. The van der Waals surface area contributed by atoms with Gasteiger partial charge in [0.15, 0.2) is 0 Å². The third-order valence-corrected chi connectivity index (χ3v) is 4.62. The summed E-state index contributed by atoms with van der Waals surface area (Å²) in [6.07, 6.45) is 5.81. The largest absolute Gasteiger partial charge is 0.328 e. The first kappa shape index (κ1) is 14.8. The van der Waals surface area contributed by atoms with Gasteiger partial charge < -0.3 is 9.80 Å². The highest BCUT2D eigenvalue weighted by molar-refractivity contribution is 5.83. The molecule has 0 saturated carbocycles. The van der Waals surface area contributed by atoms with Crippen molar-refractivity contribution in [1.29, 1.82) is 0 Å². The molecular formula is C15H29N3O. The van der Waals surface area contributed by atoms with Crippen molar-refractivity contribution >= 4 is 5.91 Å². The minimum Gasteiger partial charge on any atom is -0.328 e. The molecule has 2 heterocycles. The number of carbonyl (C=O) groups excluding carboxylic acids is 1. The van der Waals surface area contributed by atoms with Crippen LogP contribution in [0.3, 0.4) is 0 Å². The lowest BCUT2D eigenvalue weighted by molar-refractivity contribution is -0.129. The lowest BCUT2D eigenvalue weighted by Crippen LogP contribution is -2.40. The maximum Gasteiger partial charge on any atom is 0.240 e. The average Bonchev–Trinajstić information content (AvgIpc) is 2.78. The Balaban J connectivity index is 1.73. The maximum absolute atomic E-state index is 12.3. The number of likely N-dealkylation sites (tertiary alicyclic amines) is 1. The van der Waals surface area contributed by atoms with E-state index in [-0.39, 0.29) is 6.04 Å². The molecule has 0 bridgehead atoms. The second kappa shape index (κ2) is 7.25. The first-order chi connectivity index (χ1) is 9.24. The molecule has 0 aromatic rings. The summed E-state index contributed by atoms with van der Waals surface area (Å²) < 4.78 is 0. The molecule has 1 unspecified atom stereocenters. The van der Waals surface area contributed by atoms with Gasteiger partial charge in [-0.2, -0.15) is 0 Å². The minimum absolute atomic E-state index is 0.0932. The van der Waals surface area contributed by atoms with Crippen molar-refractivity contribution in [3.05, 3.63) is 0 Å². The standard InChI is InChI=1S/C15H29N3O/c1-3-5-6-14-15(19)18(12-16-14)11-13-7-9-17(4-2)10-8-13/h13-14,16H,3-12H2,1-2H3. The van der Waals surface area contributed by atoms with Crippen molar-refractivity contribution in [1.82, 2.24) is 15.1 Å². The molecule has 1 N–H and O–H groups in total. The van der Waals surface area contributed by atoms with Gasteiger partial charge in [0.25, 0.3) is 0 Å². The van der Waals surface area contributed by atoms with Crippen LogP contribution in [0.1, 0.15) is 46.0 Å². The van der Waals surface area contributed by atoms with Gasteiger partial charge >= 0.3 is 0 Å². The number of nitrogens with one attached hydrogen (secondary N) is 1. The topological polar surface area (TPSA) is 35.6 Å². The summed E-state index contributed by atoms with van der Waals surface area (Å²) in [6, 6.07) is 0.0932. The van der Waals surface area contributed by atoms with E-state index < -0.39 is 0 Å². The molecule has 0 aliphatic carbocycles. The zero-order valence-electron chi connectivity index (χ0n) is 12.5. The predicted molar refractivity (Wildman–Crippen MR) is 77.9 cm³/mol. The summed E-state index contributed by atoms with van der Waals surface area (Å²) in [5.74, 6) is 1.05. The number of amides is 1. The molecule has 0 aromatic heterocycles. The van der Waals surface area contributed by atoms with E-state index in [1.807, 2.05) is 4.90 Å². The van der Waals surface area contributed by atoms with Crippen LogP contribution < -0.4 is 5.32 Å². The molecule has 2 rings (SSSR count). The molecule has 4 nitrogen and oxygen atoms in total. The second-order valence-electron chi connectivity index (χ2n) is 6.00. The van der Waals surface area contributed by atoms with Crippen molar-refractivity contribution in [3.8, 4) is 0 Å². The van der Waals surface area contributed by atoms with Gasteiger partial charge in [0.05, 0.1) is 12.7 Å². The van der Waals surface area contributed by atoms with Crippen molar-refractivity contribution < 1.29 is 4.79 Å². The van der Waals surface area contributed by atoms with Gasteiger partial charge in [0, 0.05) is 6.54 Å². The smallest absolute Gasteiger partial charge is 0.240 e. The van der Waals surface area contributed by atoms with E-state index in [1.54, 1.807) is 0 Å². The van der Waals surface area contributed by atoms with Crippen molar-refractivity contribution in [2.24, 2.45) is 5.92 Å². The molecule has 2 saturated heterocycles. The van der Waals surface area contributed by atoms with Gasteiger partial charge in [-0.1, -0.05) is 26.7 Å². The minimum atomic E-state index is 0.0932. The summed E-state index contributed by atoms with van der Waals surface area (Å²) in [7, 11) is 0. The lowest BCUT2D eigenvalue weighted by atomic mass is 9.96. The molecule has 0 spiro atoms. The third kappa shape index (κ3) is 3.93. The van der Waals surface area contributed by atoms with E-state index in [9.17, 15) is 4.79 Å². The average molecular weight is 267 g/mol. The Morgan fingerprint density at radius 2 is 2.00 bits per heavy atom. The second-order valence-corrected chi connectivity index (χ2v) is 6.00. The Morgan fingerprint density at radius 3 is 2.63 bits per heavy atom. The number of piperidine rings is 1. The van der Waals surface area contributed by atoms with Gasteiger partial charge in [-0.05, 0) is 44.8 Å². The van der Waals surface area contributed by atoms with Crippen LogP contribution in [0, 0.1) is 5.92 Å². The van der Waals surface area contributed by atoms with E-state index in [0.29, 0.717) is 11.8 Å². The Bertz CT molecular complexity index is 287. The summed E-state index contributed by atoms with van der Waals surface area (Å²) in [5, 5.41) is 3.37. The molecular weight excluding hydrogens is 238 g/mol. The fourth-order valence-electron chi connectivity index (χ4n) is 3.19. The Hall–Kier alpha value is -0.610. The van der Waals surface area contributed by atoms with Crippen LogP contribution in [0.25, 0.3) is 0 Å². The molecule has 2 aliphatic rings. The number of rotatable bonds is 6. The van der Waals surface area contributed by atoms with E-state index in [1.165, 1.54) is 32.4 Å². The van der Waals surface area contributed by atoms with Crippen LogP contribution in [0.4, 0.5) is 0 Å². The molecule has 4 heteroatoms. The zero-order valence-corrected chi connectivity index (χ0v) is 12.5. The van der Waals surface area contributed by atoms with Crippen LogP contribution in [0.15, 0.2) is 0 Å². The monoisotopic (exact) mass is 267 g/mol. The summed E-state index contributed by atoms with van der Waals surface area (Å²) >= 11 is 0. The first-order valence-electron chi connectivity index (χ1n) is 7.99. The quantitative estimate of drug-likeness (QED) is 0.795. The number of carbonyl (C=O) groups is 1. The SMILES string of the molecule is CCCCC1NCN(CC2CCN(CC)CC2)C1=O. The Kier molecular flexibility index (Phi) is 5.64. The summed E-state index contributed by atoms with van der Waals surface area (Å²) in [6.45, 7) is 9.71. The molecule has 0 aromatic carbocycles. The maximum atomic E-state index is 12.3. The Morgan fingerprint density at radius 1 is 1.26 bits per heavy atom. The van der Waals surface area contributed by atoms with Crippen molar-refractivity contribution in [3.63, 3.8) is 0 Å². The summed E-state index contributed by atoms with van der Waals surface area (Å²) in [4.78, 5) is 16.8. The fourth-order valence-corrected chi connectivity index (χ4v) is 3.19. The molecule has 19 heavy (non-hydrogen) atoms. The van der Waals surface area contributed by atoms with Gasteiger partial charge in [0.1, 0.15) is 0 Å². The lowest BCUT2D eigenvalue weighted by Gasteiger charge is -2.33. The third-order valence-electron chi connectivity index (χ3n) is 4.62. The van der Waals surface area contributed by atoms with Gasteiger partial charge in [0.2, 0.25) is 5.91 Å². The van der Waals surface area contributed by atoms with Crippen LogP contribution >= 0.6 is 0 Å². The van der Waals surface area contributed by atoms with Crippen LogP contribution in [-0.4, -0.2) is 54.6 Å². The van der Waals surface area contributed by atoms with Gasteiger partial charge in [-0.3, -0.25) is 10.1 Å². The number of unbranched alkanes of at least 4 members (excludes halogenated alkanes) is 1. The van der Waals surface area contributed by atoms with E-state index >= 15 is 0 Å². The fraction of sp³-hybridized carbons (Fsp3) is 0.933. The highest BCUT2D eigenvalue weighted by Gasteiger charge is 2.32. The number of hydrogen-bond donors (Lipinski definition) is 1. The molecule has 1 amide bonds. The Labute approximate surface area is 117 Å². The molecule has 1 atom stereocenters. The van der Waals surface area contributed by atoms with E-state index in [2.05, 4.69) is 24.1 Å². The van der Waals surface area contributed by atoms with E-state index in [0.717, 1.165) is 32.6 Å². The van der Waals surface area contributed by atoms with Crippen molar-refractivity contribution in [2.45, 2.75) is 52.0 Å². The van der Waals surface area contributed by atoms with Crippen LogP contribution in [0.5, 0.6) is 0 Å². The first-order valence-corrected chi connectivity index (χ1v) is 7.99. The van der Waals surface area contributed by atoms with Crippen LogP contribution in [-0.2, 0) is 4.79 Å². The molecule has 2 fully saturated rings. The van der Waals surface area contributed by atoms with Gasteiger partial charge in [-0.25, -0.2) is 0 Å². The molecule has 0 radical (unpaired) electrons. The predicted octanol–water partition coefficient (Wildman–Crippen LogP) is 1.67.